The number of furan rings is 1. The van der Waals surface area contributed by atoms with Crippen LogP contribution in [0.3, 0.4) is 0 Å². The van der Waals surface area contributed by atoms with Gasteiger partial charge in [-0.05, 0) is 48.6 Å². The Labute approximate surface area is 159 Å². The second-order valence-electron chi connectivity index (χ2n) is 7.11. The number of carbonyl (C=O) groups excluding carboxylic acids is 3. The molecular formula is C20H15ClN2O4. The van der Waals surface area contributed by atoms with Crippen LogP contribution >= 0.6 is 11.6 Å². The third-order valence-corrected chi connectivity index (χ3v) is 5.99. The Morgan fingerprint density at radius 3 is 2.41 bits per heavy atom. The second kappa shape index (κ2) is 5.82. The average Bonchev–Trinajstić information content (AvgIpc) is 3.42. The van der Waals surface area contributed by atoms with Crippen molar-refractivity contribution in [1.29, 1.82) is 0 Å². The van der Waals surface area contributed by atoms with Gasteiger partial charge in [-0.1, -0.05) is 23.8 Å². The van der Waals surface area contributed by atoms with E-state index in [9.17, 15) is 14.4 Å². The smallest absolute Gasteiger partial charge is 0.291 e. The van der Waals surface area contributed by atoms with Crippen molar-refractivity contribution in [2.75, 3.05) is 10.2 Å². The predicted molar refractivity (Wildman–Crippen MR) is 98.3 cm³/mol. The monoisotopic (exact) mass is 382 g/mol. The first-order valence-electron chi connectivity index (χ1n) is 8.75. The first-order valence-corrected chi connectivity index (χ1v) is 9.13. The molecule has 1 aromatic carbocycles. The molecule has 0 unspecified atom stereocenters. The van der Waals surface area contributed by atoms with Crippen molar-refractivity contribution in [1.82, 2.24) is 0 Å². The molecule has 1 saturated carbocycles. The number of rotatable bonds is 3. The minimum atomic E-state index is -0.430. The molecule has 3 aliphatic rings. The van der Waals surface area contributed by atoms with E-state index in [4.69, 9.17) is 16.0 Å². The summed E-state index contributed by atoms with van der Waals surface area (Å²) >= 11 is 6.29. The molecule has 7 heteroatoms. The SMILES string of the molecule is O=C(Nc1ccc(N2C(=O)[C@@H]3[C@H](C2=O)[C@@H]2C=C[C@@H]3C2)cc1Cl)c1ccco1. The number of fused-ring (bicyclic) bond motifs is 5. The van der Waals surface area contributed by atoms with E-state index >= 15 is 0 Å². The van der Waals surface area contributed by atoms with Gasteiger partial charge in [-0.15, -0.1) is 0 Å². The van der Waals surface area contributed by atoms with Crippen molar-refractivity contribution in [3.63, 3.8) is 0 Å². The predicted octanol–water partition coefficient (Wildman–Crippen LogP) is 3.50. The molecule has 1 aliphatic heterocycles. The highest BCUT2D eigenvalue weighted by Gasteiger charge is 2.59. The number of halogens is 1. The quantitative estimate of drug-likeness (QED) is 0.651. The number of amides is 3. The van der Waals surface area contributed by atoms with Gasteiger partial charge < -0.3 is 9.73 Å². The van der Waals surface area contributed by atoms with Crippen molar-refractivity contribution < 1.29 is 18.8 Å². The highest BCUT2D eigenvalue weighted by Crippen LogP contribution is 2.53. The lowest BCUT2D eigenvalue weighted by molar-refractivity contribution is -0.123. The second-order valence-corrected chi connectivity index (χ2v) is 7.51. The van der Waals surface area contributed by atoms with Crippen LogP contribution in [0.15, 0.2) is 53.2 Å². The van der Waals surface area contributed by atoms with Gasteiger partial charge in [0.15, 0.2) is 5.76 Å². The molecule has 5 rings (SSSR count). The molecule has 2 heterocycles. The van der Waals surface area contributed by atoms with Crippen molar-refractivity contribution in [3.05, 3.63) is 59.5 Å². The molecular weight excluding hydrogens is 368 g/mol. The molecule has 136 valence electrons. The number of hydrogen-bond acceptors (Lipinski definition) is 4. The van der Waals surface area contributed by atoms with E-state index in [1.54, 1.807) is 24.3 Å². The van der Waals surface area contributed by atoms with E-state index in [2.05, 4.69) is 17.5 Å². The van der Waals surface area contributed by atoms with E-state index in [1.807, 2.05) is 0 Å². The lowest BCUT2D eigenvalue weighted by atomic mass is 9.85. The molecule has 3 amide bonds. The fraction of sp³-hybridized carbons (Fsp3) is 0.250. The van der Waals surface area contributed by atoms with Crippen molar-refractivity contribution in [2.45, 2.75) is 6.42 Å². The lowest BCUT2D eigenvalue weighted by Gasteiger charge is -2.18. The molecule has 1 N–H and O–H groups in total. The summed E-state index contributed by atoms with van der Waals surface area (Å²) in [5.74, 6) is -0.798. The van der Waals surface area contributed by atoms with E-state index in [1.165, 1.54) is 17.2 Å². The molecule has 2 fully saturated rings. The maximum absolute atomic E-state index is 12.9. The van der Waals surface area contributed by atoms with Crippen LogP contribution in [0.5, 0.6) is 0 Å². The summed E-state index contributed by atoms with van der Waals surface area (Å²) in [7, 11) is 0. The van der Waals surface area contributed by atoms with Gasteiger partial charge in [-0.2, -0.15) is 0 Å². The largest absolute Gasteiger partial charge is 0.459 e. The van der Waals surface area contributed by atoms with Gasteiger partial charge in [0.2, 0.25) is 11.8 Å². The van der Waals surface area contributed by atoms with Crippen LogP contribution in [0, 0.1) is 23.7 Å². The molecule has 2 bridgehead atoms. The Kier molecular flexibility index (Phi) is 3.52. The van der Waals surface area contributed by atoms with Crippen LogP contribution in [-0.4, -0.2) is 17.7 Å². The number of imide groups is 1. The highest BCUT2D eigenvalue weighted by molar-refractivity contribution is 6.34. The van der Waals surface area contributed by atoms with Crippen LogP contribution in [0.1, 0.15) is 17.0 Å². The summed E-state index contributed by atoms with van der Waals surface area (Å²) in [5, 5.41) is 2.90. The van der Waals surface area contributed by atoms with Crippen LogP contribution < -0.4 is 10.2 Å². The Bertz CT molecular complexity index is 967. The Morgan fingerprint density at radius 1 is 1.11 bits per heavy atom. The van der Waals surface area contributed by atoms with Gasteiger partial charge in [-0.25, -0.2) is 4.90 Å². The summed E-state index contributed by atoms with van der Waals surface area (Å²) in [6.07, 6.45) is 6.41. The third-order valence-electron chi connectivity index (χ3n) is 5.67. The average molecular weight is 383 g/mol. The van der Waals surface area contributed by atoms with Crippen molar-refractivity contribution in [3.8, 4) is 0 Å². The van der Waals surface area contributed by atoms with Gasteiger partial charge >= 0.3 is 0 Å². The zero-order valence-electron chi connectivity index (χ0n) is 14.1. The number of anilines is 2. The third kappa shape index (κ3) is 2.36. The molecule has 4 atom stereocenters. The van der Waals surface area contributed by atoms with Crippen LogP contribution in [0.2, 0.25) is 5.02 Å². The maximum atomic E-state index is 12.9. The molecule has 2 aliphatic carbocycles. The number of nitrogens with zero attached hydrogens (tertiary/aromatic N) is 1. The number of benzene rings is 1. The standard InChI is InChI=1S/C20H15ClN2O4/c21-13-9-12(5-6-14(13)22-18(24)15-2-1-7-27-15)23-19(25)16-10-3-4-11(8-10)17(16)20(23)26/h1-7,9-11,16-17H,8H2,(H,22,24)/t10-,11-,16-,17+/m1/s1. The van der Waals surface area contributed by atoms with Gasteiger partial charge in [-0.3, -0.25) is 14.4 Å². The molecule has 0 radical (unpaired) electrons. The highest BCUT2D eigenvalue weighted by atomic mass is 35.5. The number of hydrogen-bond donors (Lipinski definition) is 1. The molecule has 1 aromatic heterocycles. The Balaban J connectivity index is 1.40. The normalized spacial score (nSPS) is 28.1. The van der Waals surface area contributed by atoms with Gasteiger partial charge in [0.25, 0.3) is 5.91 Å². The van der Waals surface area contributed by atoms with Crippen molar-refractivity contribution >= 4 is 40.7 Å². The number of nitrogens with one attached hydrogen (secondary N) is 1. The van der Waals surface area contributed by atoms with Gasteiger partial charge in [0, 0.05) is 0 Å². The molecule has 2 aromatic rings. The summed E-state index contributed by atoms with van der Waals surface area (Å²) in [5.41, 5.74) is 0.808. The van der Waals surface area contributed by atoms with Crippen molar-refractivity contribution in [2.24, 2.45) is 23.7 Å². The number of allylic oxidation sites excluding steroid dienone is 2. The van der Waals surface area contributed by atoms with E-state index in [0.29, 0.717) is 11.4 Å². The zero-order chi connectivity index (χ0) is 18.7. The summed E-state index contributed by atoms with van der Waals surface area (Å²) in [4.78, 5) is 39.1. The van der Waals surface area contributed by atoms with Crippen LogP contribution in [0.25, 0.3) is 0 Å². The van der Waals surface area contributed by atoms with E-state index < -0.39 is 5.91 Å². The first-order chi connectivity index (χ1) is 13.0. The fourth-order valence-electron chi connectivity index (χ4n) is 4.49. The van der Waals surface area contributed by atoms with Gasteiger partial charge in [0.05, 0.1) is 34.5 Å². The topological polar surface area (TPSA) is 79.6 Å². The summed E-state index contributed by atoms with van der Waals surface area (Å²) in [6, 6.07) is 7.89. The minimum absolute atomic E-state index is 0.156. The zero-order valence-corrected chi connectivity index (χ0v) is 14.8. The van der Waals surface area contributed by atoms with Crippen LogP contribution in [-0.2, 0) is 9.59 Å². The summed E-state index contributed by atoms with van der Waals surface area (Å²) < 4.78 is 5.05. The fourth-order valence-corrected chi connectivity index (χ4v) is 4.71. The van der Waals surface area contributed by atoms with Gasteiger partial charge in [0.1, 0.15) is 0 Å². The van der Waals surface area contributed by atoms with E-state index in [-0.39, 0.29) is 46.3 Å². The minimum Gasteiger partial charge on any atom is -0.459 e. The maximum Gasteiger partial charge on any atom is 0.291 e. The molecule has 27 heavy (non-hydrogen) atoms. The first kappa shape index (κ1) is 16.3. The lowest BCUT2D eigenvalue weighted by Crippen LogP contribution is -2.32. The van der Waals surface area contributed by atoms with E-state index in [0.717, 1.165) is 6.42 Å². The van der Waals surface area contributed by atoms with Crippen LogP contribution in [0.4, 0.5) is 11.4 Å². The number of carbonyl (C=O) groups is 3. The summed E-state index contributed by atoms with van der Waals surface area (Å²) in [6.45, 7) is 0. The molecule has 1 saturated heterocycles. The Morgan fingerprint density at radius 2 is 1.81 bits per heavy atom. The molecule has 6 nitrogen and oxygen atoms in total. The molecule has 0 spiro atoms. The Hall–Kier alpha value is -2.86.